The molecular weight excluding hydrogens is 398 g/mol. The minimum absolute atomic E-state index is 0.168. The Morgan fingerprint density at radius 3 is 2.34 bits per heavy atom. The second kappa shape index (κ2) is 8.43. The topological polar surface area (TPSA) is 46.1 Å². The molecule has 4 aromatic rings. The first-order valence-electron chi connectivity index (χ1n) is 9.12. The third kappa shape index (κ3) is 4.13. The average Bonchev–Trinajstić information content (AvgIpc) is 3.15. The molecule has 4 nitrogen and oxygen atoms in total. The van der Waals surface area contributed by atoms with Crippen LogP contribution in [0.2, 0.25) is 0 Å². The summed E-state index contributed by atoms with van der Waals surface area (Å²) in [5.74, 6) is -0.168. The predicted octanol–water partition coefficient (Wildman–Crippen LogP) is 6.00. The highest BCUT2D eigenvalue weighted by atomic mass is 32.1. The second-order valence-corrected chi connectivity index (χ2v) is 8.03. The maximum atomic E-state index is 12.3. The van der Waals surface area contributed by atoms with Gasteiger partial charge in [0, 0.05) is 16.6 Å². The Labute approximate surface area is 178 Å². The lowest BCUT2D eigenvalue weighted by Crippen LogP contribution is -2.29. The summed E-state index contributed by atoms with van der Waals surface area (Å²) in [5.41, 5.74) is 11.2. The van der Waals surface area contributed by atoms with Crippen molar-refractivity contribution in [3.8, 4) is 16.9 Å². The summed E-state index contributed by atoms with van der Waals surface area (Å²) < 4.78 is 2.85. The molecule has 0 aliphatic carbocycles. The van der Waals surface area contributed by atoms with Crippen LogP contribution in [0, 0.1) is 10.9 Å². The Morgan fingerprint density at radius 2 is 1.62 bits per heavy atom. The van der Waals surface area contributed by atoms with Gasteiger partial charge in [-0.25, -0.2) is 0 Å². The molecule has 0 radical (unpaired) electrons. The van der Waals surface area contributed by atoms with Crippen molar-refractivity contribution < 1.29 is 4.79 Å². The summed E-state index contributed by atoms with van der Waals surface area (Å²) in [4.78, 5) is 12.3. The van der Waals surface area contributed by atoms with Crippen molar-refractivity contribution >= 4 is 35.1 Å². The van der Waals surface area contributed by atoms with Gasteiger partial charge < -0.3 is 0 Å². The van der Waals surface area contributed by atoms with E-state index in [1.807, 2.05) is 67.6 Å². The van der Waals surface area contributed by atoms with Gasteiger partial charge in [-0.15, -0.1) is 11.3 Å². The molecule has 144 valence electrons. The van der Waals surface area contributed by atoms with Gasteiger partial charge >= 0.3 is 0 Å². The van der Waals surface area contributed by atoms with Gasteiger partial charge in [0.1, 0.15) is 0 Å². The predicted molar refractivity (Wildman–Crippen MR) is 122 cm³/mol. The smallest absolute Gasteiger partial charge is 0.269 e. The lowest BCUT2D eigenvalue weighted by atomic mass is 10.1. The molecule has 4 rings (SSSR count). The van der Waals surface area contributed by atoms with E-state index in [2.05, 4.69) is 32.9 Å². The summed E-state index contributed by atoms with van der Waals surface area (Å²) in [6.07, 6.45) is 0. The molecule has 1 aromatic heterocycles. The molecule has 1 heterocycles. The summed E-state index contributed by atoms with van der Waals surface area (Å²) >= 11 is 7.09. The number of hydrazine groups is 1. The number of amides is 1. The number of hydrogen-bond acceptors (Lipinski definition) is 4. The van der Waals surface area contributed by atoms with Crippen molar-refractivity contribution in [3.05, 3.63) is 99.3 Å². The quantitative estimate of drug-likeness (QED) is 0.309. The Bertz CT molecular complexity index is 1190. The number of nitrogens with one attached hydrogen (secondary N) is 2. The molecule has 0 aliphatic rings. The average molecular weight is 418 g/mol. The van der Waals surface area contributed by atoms with Crippen molar-refractivity contribution in [2.45, 2.75) is 6.92 Å². The van der Waals surface area contributed by atoms with Crippen LogP contribution in [0.25, 0.3) is 16.9 Å². The van der Waals surface area contributed by atoms with Gasteiger partial charge in [-0.3, -0.25) is 20.2 Å². The number of aromatic nitrogens is 1. The fraction of sp³-hybridized carbons (Fsp3) is 0.0435. The molecule has 3 aromatic carbocycles. The van der Waals surface area contributed by atoms with Crippen LogP contribution in [-0.2, 0) is 0 Å². The lowest BCUT2D eigenvalue weighted by Gasteiger charge is -2.12. The molecule has 6 heteroatoms. The summed E-state index contributed by atoms with van der Waals surface area (Å²) in [5, 5.41) is 2.08. The third-order valence-electron chi connectivity index (χ3n) is 4.60. The van der Waals surface area contributed by atoms with E-state index in [0.717, 1.165) is 32.1 Å². The van der Waals surface area contributed by atoms with Crippen molar-refractivity contribution in [2.24, 2.45) is 0 Å². The SMILES string of the molecule is Cc1ccccc1C(=O)NNc1ccc(-n2c(-c3ccccc3)csc2=S)cc1. The number of anilines is 1. The first kappa shape index (κ1) is 19.1. The van der Waals surface area contributed by atoms with Gasteiger partial charge in [-0.05, 0) is 60.6 Å². The number of carbonyl (C=O) groups is 1. The van der Waals surface area contributed by atoms with Crippen LogP contribution in [0.15, 0.2) is 84.2 Å². The first-order chi connectivity index (χ1) is 14.1. The number of benzene rings is 3. The second-order valence-electron chi connectivity index (χ2n) is 6.53. The van der Waals surface area contributed by atoms with Crippen LogP contribution in [0.5, 0.6) is 0 Å². The zero-order valence-corrected chi connectivity index (χ0v) is 17.4. The van der Waals surface area contributed by atoms with Crippen LogP contribution < -0.4 is 10.9 Å². The number of rotatable bonds is 5. The minimum atomic E-state index is -0.168. The summed E-state index contributed by atoms with van der Waals surface area (Å²) in [6, 6.07) is 25.5. The van der Waals surface area contributed by atoms with Crippen LogP contribution >= 0.6 is 23.6 Å². The summed E-state index contributed by atoms with van der Waals surface area (Å²) in [7, 11) is 0. The zero-order valence-electron chi connectivity index (χ0n) is 15.8. The lowest BCUT2D eigenvalue weighted by molar-refractivity contribution is 0.0962. The van der Waals surface area contributed by atoms with E-state index in [9.17, 15) is 4.79 Å². The first-order valence-corrected chi connectivity index (χ1v) is 10.4. The van der Waals surface area contributed by atoms with Crippen molar-refractivity contribution in [2.75, 3.05) is 5.43 Å². The van der Waals surface area contributed by atoms with Gasteiger partial charge in [0.05, 0.1) is 11.4 Å². The zero-order chi connectivity index (χ0) is 20.2. The third-order valence-corrected chi connectivity index (χ3v) is 5.80. The molecule has 0 bridgehead atoms. The minimum Gasteiger partial charge on any atom is -0.298 e. The Kier molecular flexibility index (Phi) is 5.55. The van der Waals surface area contributed by atoms with E-state index < -0.39 is 0 Å². The highest BCUT2D eigenvalue weighted by Crippen LogP contribution is 2.28. The number of hydrogen-bond donors (Lipinski definition) is 2. The van der Waals surface area contributed by atoms with Crippen molar-refractivity contribution in [1.29, 1.82) is 0 Å². The Hall–Kier alpha value is -3.22. The molecule has 0 saturated heterocycles. The van der Waals surface area contributed by atoms with Crippen LogP contribution in [0.3, 0.4) is 0 Å². The number of nitrogens with zero attached hydrogens (tertiary/aromatic N) is 1. The fourth-order valence-electron chi connectivity index (χ4n) is 3.08. The van der Waals surface area contributed by atoms with Gasteiger partial charge in [0.15, 0.2) is 3.95 Å². The number of thiazole rings is 1. The van der Waals surface area contributed by atoms with Gasteiger partial charge in [-0.1, -0.05) is 48.5 Å². The molecule has 0 aliphatic heterocycles. The molecule has 29 heavy (non-hydrogen) atoms. The Balaban J connectivity index is 1.52. The molecule has 0 spiro atoms. The van der Waals surface area contributed by atoms with Crippen molar-refractivity contribution in [1.82, 2.24) is 9.99 Å². The van der Waals surface area contributed by atoms with Gasteiger partial charge in [-0.2, -0.15) is 0 Å². The van der Waals surface area contributed by atoms with E-state index in [1.54, 1.807) is 17.4 Å². The fourth-order valence-corrected chi connectivity index (χ4v) is 4.19. The number of aryl methyl sites for hydroxylation is 1. The standard InChI is InChI=1S/C23H19N3OS2/c1-16-7-5-6-10-20(16)22(27)25-24-18-11-13-19(14-12-18)26-21(15-29-23(26)28)17-8-3-2-4-9-17/h2-15,24H,1H3,(H,25,27). The molecule has 2 N–H and O–H groups in total. The molecule has 0 unspecified atom stereocenters. The van der Waals surface area contributed by atoms with Crippen LogP contribution in [0.4, 0.5) is 5.69 Å². The van der Waals surface area contributed by atoms with E-state index in [4.69, 9.17) is 12.2 Å². The number of carbonyl (C=O) groups excluding carboxylic acids is 1. The molecule has 0 fully saturated rings. The molecule has 0 atom stereocenters. The van der Waals surface area contributed by atoms with E-state index >= 15 is 0 Å². The maximum Gasteiger partial charge on any atom is 0.269 e. The molecule has 0 saturated carbocycles. The molecule has 1 amide bonds. The van der Waals surface area contributed by atoms with E-state index in [0.29, 0.717) is 5.56 Å². The van der Waals surface area contributed by atoms with Gasteiger partial charge in [0.25, 0.3) is 5.91 Å². The highest BCUT2D eigenvalue weighted by Gasteiger charge is 2.10. The summed E-state index contributed by atoms with van der Waals surface area (Å²) in [6.45, 7) is 1.92. The monoisotopic (exact) mass is 417 g/mol. The largest absolute Gasteiger partial charge is 0.298 e. The maximum absolute atomic E-state index is 12.3. The molecular formula is C23H19N3OS2. The van der Waals surface area contributed by atoms with Crippen LogP contribution in [0.1, 0.15) is 15.9 Å². The van der Waals surface area contributed by atoms with E-state index in [-0.39, 0.29) is 5.91 Å². The van der Waals surface area contributed by atoms with E-state index in [1.165, 1.54) is 0 Å². The van der Waals surface area contributed by atoms with Crippen LogP contribution in [-0.4, -0.2) is 10.5 Å². The van der Waals surface area contributed by atoms with Gasteiger partial charge in [0.2, 0.25) is 0 Å². The highest BCUT2D eigenvalue weighted by molar-refractivity contribution is 7.73. The Morgan fingerprint density at radius 1 is 0.931 bits per heavy atom. The normalized spacial score (nSPS) is 10.5. The van der Waals surface area contributed by atoms with Crippen molar-refractivity contribution in [3.63, 3.8) is 0 Å².